The molecule has 11 atom stereocenters. The summed E-state index contributed by atoms with van der Waals surface area (Å²) in [6, 6.07) is 0.189. The van der Waals surface area contributed by atoms with Crippen LogP contribution in [0.4, 0.5) is 0 Å². The average molecular weight is 448 g/mol. The zero-order chi connectivity index (χ0) is 22.1. The largest absolute Gasteiger partial charge is 0.393 e. The normalized spacial score (nSPS) is 50.0. The summed E-state index contributed by atoms with van der Waals surface area (Å²) in [4.78, 5) is 30.9. The number of aliphatic hydroxyl groups is 1. The minimum atomic E-state index is -0.439. The first kappa shape index (κ1) is 21.5. The van der Waals surface area contributed by atoms with Gasteiger partial charge in [-0.05, 0) is 58.0 Å². The number of ether oxygens (including phenoxy) is 2. The Morgan fingerprint density at radius 2 is 1.69 bits per heavy atom. The first-order valence-electron chi connectivity index (χ1n) is 12.7. The van der Waals surface area contributed by atoms with E-state index >= 15 is 0 Å². The highest BCUT2D eigenvalue weighted by Crippen LogP contribution is 2.54. The summed E-state index contributed by atoms with van der Waals surface area (Å²) in [7, 11) is 3.93. The van der Waals surface area contributed by atoms with Gasteiger partial charge in [0.2, 0.25) is 11.8 Å². The molecule has 2 N–H and O–H groups in total. The molecule has 0 radical (unpaired) electrons. The van der Waals surface area contributed by atoms with Crippen LogP contribution in [0.25, 0.3) is 0 Å². The maximum absolute atomic E-state index is 13.7. The van der Waals surface area contributed by atoms with Gasteiger partial charge in [-0.25, -0.2) is 0 Å². The smallest absolute Gasteiger partial charge is 0.235 e. The summed E-state index contributed by atoms with van der Waals surface area (Å²) in [6.07, 6.45) is 5.91. The van der Waals surface area contributed by atoms with E-state index in [0.29, 0.717) is 25.4 Å². The lowest BCUT2D eigenvalue weighted by Crippen LogP contribution is -2.66. The third kappa shape index (κ3) is 3.21. The fraction of sp³-hybridized carbons (Fsp3) is 0.917. The number of aliphatic hydroxyl groups excluding tert-OH is 1. The Morgan fingerprint density at radius 3 is 2.41 bits per heavy atom. The zero-order valence-corrected chi connectivity index (χ0v) is 19.2. The van der Waals surface area contributed by atoms with Crippen LogP contribution in [-0.2, 0) is 19.1 Å². The van der Waals surface area contributed by atoms with Crippen LogP contribution in [0.5, 0.6) is 0 Å². The van der Waals surface area contributed by atoms with Crippen LogP contribution < -0.4 is 5.32 Å². The lowest BCUT2D eigenvalue weighted by molar-refractivity contribution is -0.265. The van der Waals surface area contributed by atoms with Gasteiger partial charge in [0, 0.05) is 25.2 Å². The van der Waals surface area contributed by atoms with Crippen molar-refractivity contribution in [3.05, 3.63) is 0 Å². The monoisotopic (exact) mass is 447 g/mol. The minimum Gasteiger partial charge on any atom is -0.393 e. The van der Waals surface area contributed by atoms with Crippen molar-refractivity contribution in [3.63, 3.8) is 0 Å². The van der Waals surface area contributed by atoms with E-state index in [1.165, 1.54) is 4.90 Å². The Hall–Kier alpha value is -1.06. The second kappa shape index (κ2) is 8.01. The molecule has 2 amide bonds. The van der Waals surface area contributed by atoms with Crippen LogP contribution >= 0.6 is 0 Å². The highest BCUT2D eigenvalue weighted by molar-refractivity contribution is 6.06. The predicted octanol–water partition coefficient (Wildman–Crippen LogP) is 0.376. The van der Waals surface area contributed by atoms with Crippen molar-refractivity contribution in [2.75, 3.05) is 27.2 Å². The summed E-state index contributed by atoms with van der Waals surface area (Å²) in [6.45, 7) is 1.09. The third-order valence-electron chi connectivity index (χ3n) is 9.20. The number of carbonyl (C=O) groups excluding carboxylic acids is 2. The number of hydrogen-bond donors (Lipinski definition) is 2. The summed E-state index contributed by atoms with van der Waals surface area (Å²) < 4.78 is 13.4. The molecule has 8 nitrogen and oxygen atoms in total. The van der Waals surface area contributed by atoms with Crippen molar-refractivity contribution < 1.29 is 24.2 Å². The molecular formula is C24H37N3O5. The molecule has 0 spiro atoms. The van der Waals surface area contributed by atoms with Gasteiger partial charge in [0.05, 0.1) is 36.3 Å². The van der Waals surface area contributed by atoms with E-state index < -0.39 is 5.92 Å². The van der Waals surface area contributed by atoms with Crippen LogP contribution in [0.15, 0.2) is 0 Å². The number of rotatable bonds is 3. The number of imide groups is 1. The Morgan fingerprint density at radius 1 is 1.00 bits per heavy atom. The Labute approximate surface area is 190 Å². The molecule has 11 unspecified atom stereocenters. The van der Waals surface area contributed by atoms with E-state index in [2.05, 4.69) is 5.32 Å². The second-order valence-corrected chi connectivity index (χ2v) is 11.3. The summed E-state index contributed by atoms with van der Waals surface area (Å²) >= 11 is 0. The molecule has 3 aliphatic heterocycles. The number of nitrogens with zero attached hydrogens (tertiary/aromatic N) is 2. The quantitative estimate of drug-likeness (QED) is 0.604. The number of fused-ring (bicyclic) bond motifs is 9. The standard InChI is InChI=1S/C24H37N3O5/c1-26(2)9-10-27-23(29)18-17-13-8-7-12(28)11-14(13)25-20(17)22-21(19(18)24(27)30)31-15-5-3-4-6-16(15)32-22/h12-22,25,28H,3-11H2,1-2H3. The molecule has 3 saturated carbocycles. The molecule has 6 rings (SSSR count). The third-order valence-corrected chi connectivity index (χ3v) is 9.20. The molecule has 32 heavy (non-hydrogen) atoms. The molecule has 3 aliphatic carbocycles. The minimum absolute atomic E-state index is 0.00924. The van der Waals surface area contributed by atoms with Gasteiger partial charge >= 0.3 is 0 Å². The van der Waals surface area contributed by atoms with E-state index in [1.54, 1.807) is 0 Å². The Kier molecular flexibility index (Phi) is 5.38. The van der Waals surface area contributed by atoms with Crippen LogP contribution in [0.1, 0.15) is 44.9 Å². The van der Waals surface area contributed by atoms with Crippen LogP contribution in [0.3, 0.4) is 0 Å². The van der Waals surface area contributed by atoms with E-state index in [9.17, 15) is 14.7 Å². The molecule has 0 bridgehead atoms. The SMILES string of the molecule is CN(C)CCN1C(=O)C2C3OC4CCCCC4OC3C3NC4CC(O)CCC4C3C2C1=O. The predicted molar refractivity (Wildman–Crippen MR) is 116 cm³/mol. The van der Waals surface area contributed by atoms with Crippen molar-refractivity contribution in [1.82, 2.24) is 15.1 Å². The molecule has 8 heteroatoms. The number of nitrogens with one attached hydrogen (secondary N) is 1. The second-order valence-electron chi connectivity index (χ2n) is 11.3. The van der Waals surface area contributed by atoms with Gasteiger partial charge in [-0.15, -0.1) is 0 Å². The molecule has 6 aliphatic rings. The highest BCUT2D eigenvalue weighted by Gasteiger charge is 2.68. The number of amides is 2. The number of likely N-dealkylation sites (N-methyl/N-ethyl adjacent to an activating group) is 1. The number of hydrogen-bond acceptors (Lipinski definition) is 7. The van der Waals surface area contributed by atoms with E-state index in [1.807, 2.05) is 19.0 Å². The lowest BCUT2D eigenvalue weighted by Gasteiger charge is -2.52. The van der Waals surface area contributed by atoms with E-state index in [-0.39, 0.29) is 66.3 Å². The van der Waals surface area contributed by atoms with Crippen molar-refractivity contribution in [2.24, 2.45) is 23.7 Å². The van der Waals surface area contributed by atoms with Gasteiger partial charge in [0.15, 0.2) is 0 Å². The molecular weight excluding hydrogens is 410 g/mol. The Balaban J connectivity index is 1.36. The van der Waals surface area contributed by atoms with E-state index in [0.717, 1.165) is 38.5 Å². The van der Waals surface area contributed by atoms with Crippen molar-refractivity contribution in [1.29, 1.82) is 0 Å². The molecule has 6 fully saturated rings. The van der Waals surface area contributed by atoms with Gasteiger partial charge < -0.3 is 24.8 Å². The van der Waals surface area contributed by atoms with Gasteiger partial charge in [-0.2, -0.15) is 0 Å². The molecule has 3 saturated heterocycles. The van der Waals surface area contributed by atoms with Crippen LogP contribution in [0, 0.1) is 23.7 Å². The molecule has 0 aromatic heterocycles. The van der Waals surface area contributed by atoms with Crippen molar-refractivity contribution in [3.8, 4) is 0 Å². The van der Waals surface area contributed by atoms with Crippen LogP contribution in [-0.4, -0.2) is 96.5 Å². The fourth-order valence-electron chi connectivity index (χ4n) is 7.81. The molecule has 0 aromatic rings. The van der Waals surface area contributed by atoms with Gasteiger partial charge in [0.25, 0.3) is 0 Å². The first-order chi connectivity index (χ1) is 15.4. The maximum Gasteiger partial charge on any atom is 0.235 e. The summed E-state index contributed by atoms with van der Waals surface area (Å²) in [5, 5.41) is 14.1. The summed E-state index contributed by atoms with van der Waals surface area (Å²) in [5.74, 6) is -0.479. The van der Waals surface area contributed by atoms with Gasteiger partial charge in [-0.1, -0.05) is 12.8 Å². The zero-order valence-electron chi connectivity index (χ0n) is 19.2. The van der Waals surface area contributed by atoms with Crippen molar-refractivity contribution >= 4 is 11.8 Å². The highest BCUT2D eigenvalue weighted by atomic mass is 16.6. The first-order valence-corrected chi connectivity index (χ1v) is 12.7. The maximum atomic E-state index is 13.7. The lowest BCUT2D eigenvalue weighted by atomic mass is 9.62. The fourth-order valence-corrected chi connectivity index (χ4v) is 7.81. The number of likely N-dealkylation sites (tertiary alicyclic amines) is 1. The molecule has 3 heterocycles. The topological polar surface area (TPSA) is 91.3 Å². The van der Waals surface area contributed by atoms with Crippen LogP contribution in [0.2, 0.25) is 0 Å². The molecule has 178 valence electrons. The average Bonchev–Trinajstić information content (AvgIpc) is 3.25. The summed E-state index contributed by atoms with van der Waals surface area (Å²) in [5.41, 5.74) is 0. The van der Waals surface area contributed by atoms with Gasteiger partial charge in [-0.3, -0.25) is 14.5 Å². The van der Waals surface area contributed by atoms with E-state index in [4.69, 9.17) is 9.47 Å². The van der Waals surface area contributed by atoms with Gasteiger partial charge in [0.1, 0.15) is 6.10 Å². The molecule has 0 aromatic carbocycles. The number of carbonyl (C=O) groups is 2. The van der Waals surface area contributed by atoms with Crippen molar-refractivity contribution in [2.45, 2.75) is 87.5 Å². The Bertz CT molecular complexity index is 777.